The highest BCUT2D eigenvalue weighted by atomic mass is 35.5. The van der Waals surface area contributed by atoms with Gasteiger partial charge in [0.15, 0.2) is 0 Å². The summed E-state index contributed by atoms with van der Waals surface area (Å²) in [6.07, 6.45) is 2.76. The van der Waals surface area contributed by atoms with Gasteiger partial charge in [-0.2, -0.15) is 0 Å². The van der Waals surface area contributed by atoms with Gasteiger partial charge in [-0.3, -0.25) is 0 Å². The summed E-state index contributed by atoms with van der Waals surface area (Å²) in [6.45, 7) is 6.40. The van der Waals surface area contributed by atoms with Gasteiger partial charge in [0.2, 0.25) is 0 Å². The summed E-state index contributed by atoms with van der Waals surface area (Å²) < 4.78 is 0. The maximum Gasteiger partial charge on any atom is 0.0641 e. The van der Waals surface area contributed by atoms with Crippen LogP contribution < -0.4 is 5.32 Å². The molecule has 1 aromatic rings. The molecule has 0 unspecified atom stereocenters. The van der Waals surface area contributed by atoms with E-state index in [0.29, 0.717) is 5.02 Å². The Kier molecular flexibility index (Phi) is 4.30. The Hall–Kier alpha value is -0.660. The summed E-state index contributed by atoms with van der Waals surface area (Å²) in [5, 5.41) is 4.63. The van der Waals surface area contributed by atoms with Crippen LogP contribution in [0.15, 0.2) is 24.8 Å². The molecule has 0 aromatic heterocycles. The molecule has 0 saturated carbocycles. The van der Waals surface area contributed by atoms with Crippen LogP contribution in [-0.2, 0) is 0 Å². The fraction of sp³-hybridized carbons (Fsp3) is 0.273. The average molecular weight is 230 g/mol. The molecule has 0 aliphatic heterocycles. The summed E-state index contributed by atoms with van der Waals surface area (Å²) in [5.41, 5.74) is 1.87. The molecule has 0 heterocycles. The molecule has 76 valence electrons. The maximum atomic E-state index is 6.03. The number of aryl methyl sites for hydroxylation is 1. The molecule has 0 spiro atoms. The van der Waals surface area contributed by atoms with Crippen LogP contribution in [0.4, 0.5) is 5.69 Å². The van der Waals surface area contributed by atoms with E-state index in [4.69, 9.17) is 23.2 Å². The number of hydrogen-bond acceptors (Lipinski definition) is 1. The van der Waals surface area contributed by atoms with Crippen molar-refractivity contribution in [2.45, 2.75) is 13.3 Å². The van der Waals surface area contributed by atoms with E-state index in [0.717, 1.165) is 29.2 Å². The van der Waals surface area contributed by atoms with Crippen molar-refractivity contribution in [1.82, 2.24) is 0 Å². The van der Waals surface area contributed by atoms with Crippen LogP contribution in [0, 0.1) is 6.92 Å². The van der Waals surface area contributed by atoms with Crippen molar-refractivity contribution in [3.05, 3.63) is 40.4 Å². The van der Waals surface area contributed by atoms with Gasteiger partial charge in [0.25, 0.3) is 0 Å². The van der Waals surface area contributed by atoms with Crippen LogP contribution >= 0.6 is 23.2 Å². The first-order valence-electron chi connectivity index (χ1n) is 4.45. The van der Waals surface area contributed by atoms with Crippen LogP contribution in [0.3, 0.4) is 0 Å². The topological polar surface area (TPSA) is 12.0 Å². The first-order chi connectivity index (χ1) is 6.65. The largest absolute Gasteiger partial charge is 0.383 e. The Balaban J connectivity index is 2.76. The zero-order chi connectivity index (χ0) is 10.6. The van der Waals surface area contributed by atoms with Gasteiger partial charge in [-0.15, -0.1) is 6.58 Å². The number of anilines is 1. The lowest BCUT2D eigenvalue weighted by Gasteiger charge is -2.09. The van der Waals surface area contributed by atoms with Crippen molar-refractivity contribution in [1.29, 1.82) is 0 Å². The number of hydrogen-bond donors (Lipinski definition) is 1. The van der Waals surface area contributed by atoms with E-state index in [1.165, 1.54) is 0 Å². The molecule has 14 heavy (non-hydrogen) atoms. The number of nitrogens with one attached hydrogen (secondary N) is 1. The van der Waals surface area contributed by atoms with E-state index in [1.54, 1.807) is 0 Å². The first-order valence-corrected chi connectivity index (χ1v) is 5.21. The predicted molar refractivity (Wildman–Crippen MR) is 64.5 cm³/mol. The minimum atomic E-state index is 0.705. The summed E-state index contributed by atoms with van der Waals surface area (Å²) in [7, 11) is 0. The Bertz CT molecular complexity index is 334. The number of rotatable bonds is 4. The second-order valence-corrected chi connectivity index (χ2v) is 3.90. The third-order valence-corrected chi connectivity index (χ3v) is 2.63. The van der Waals surface area contributed by atoms with Crippen molar-refractivity contribution in [3.8, 4) is 0 Å². The van der Waals surface area contributed by atoms with E-state index >= 15 is 0 Å². The molecular weight excluding hydrogens is 217 g/mol. The number of halogens is 2. The first kappa shape index (κ1) is 11.4. The maximum absolute atomic E-state index is 6.03. The van der Waals surface area contributed by atoms with Gasteiger partial charge < -0.3 is 5.32 Å². The number of benzene rings is 1. The minimum absolute atomic E-state index is 0.705. The SMILES string of the molecule is C=CCCNc1cc(Cl)c(C)cc1Cl. The van der Waals surface area contributed by atoms with E-state index < -0.39 is 0 Å². The lowest BCUT2D eigenvalue weighted by atomic mass is 10.2. The van der Waals surface area contributed by atoms with Crippen molar-refractivity contribution < 1.29 is 0 Å². The zero-order valence-electron chi connectivity index (χ0n) is 8.11. The molecule has 0 fully saturated rings. The molecule has 1 nitrogen and oxygen atoms in total. The second-order valence-electron chi connectivity index (χ2n) is 3.09. The van der Waals surface area contributed by atoms with Gasteiger partial charge >= 0.3 is 0 Å². The van der Waals surface area contributed by atoms with Crippen molar-refractivity contribution in [2.24, 2.45) is 0 Å². The Labute approximate surface area is 94.7 Å². The molecule has 0 aliphatic rings. The quantitative estimate of drug-likeness (QED) is 0.601. The smallest absolute Gasteiger partial charge is 0.0641 e. The van der Waals surface area contributed by atoms with Crippen LogP contribution in [0.25, 0.3) is 0 Å². The molecule has 1 aromatic carbocycles. The second kappa shape index (κ2) is 5.28. The van der Waals surface area contributed by atoms with Crippen LogP contribution in [0.2, 0.25) is 10.0 Å². The fourth-order valence-electron chi connectivity index (χ4n) is 1.09. The third-order valence-electron chi connectivity index (χ3n) is 1.91. The molecule has 0 radical (unpaired) electrons. The molecule has 0 amide bonds. The average Bonchev–Trinajstić information content (AvgIpc) is 2.14. The van der Waals surface area contributed by atoms with Crippen LogP contribution in [0.5, 0.6) is 0 Å². The summed E-state index contributed by atoms with van der Waals surface area (Å²) in [5.74, 6) is 0. The monoisotopic (exact) mass is 229 g/mol. The minimum Gasteiger partial charge on any atom is -0.383 e. The van der Waals surface area contributed by atoms with Gasteiger partial charge in [-0.25, -0.2) is 0 Å². The highest BCUT2D eigenvalue weighted by Crippen LogP contribution is 2.28. The zero-order valence-corrected chi connectivity index (χ0v) is 9.62. The molecule has 0 saturated heterocycles. The Morgan fingerprint density at radius 1 is 1.36 bits per heavy atom. The van der Waals surface area contributed by atoms with E-state index in [9.17, 15) is 0 Å². The summed E-state index contributed by atoms with van der Waals surface area (Å²) >= 11 is 12.0. The molecule has 0 bridgehead atoms. The van der Waals surface area contributed by atoms with Gasteiger partial charge in [0.1, 0.15) is 0 Å². The van der Waals surface area contributed by atoms with Crippen molar-refractivity contribution in [2.75, 3.05) is 11.9 Å². The third kappa shape index (κ3) is 2.93. The highest BCUT2D eigenvalue weighted by Gasteiger charge is 2.03. The van der Waals surface area contributed by atoms with Gasteiger partial charge in [0, 0.05) is 11.6 Å². The lowest BCUT2D eigenvalue weighted by molar-refractivity contribution is 1.07. The standard InChI is InChI=1S/C11H13Cl2N/c1-3-4-5-14-11-7-9(12)8(2)6-10(11)13/h3,6-7,14H,1,4-5H2,2H3. The molecule has 3 heteroatoms. The van der Waals surface area contributed by atoms with Gasteiger partial charge in [-0.1, -0.05) is 29.3 Å². The Morgan fingerprint density at radius 3 is 2.71 bits per heavy atom. The van der Waals surface area contributed by atoms with E-state index in [-0.39, 0.29) is 0 Å². The summed E-state index contributed by atoms with van der Waals surface area (Å²) in [6, 6.07) is 3.71. The Morgan fingerprint density at radius 2 is 2.07 bits per heavy atom. The van der Waals surface area contributed by atoms with Crippen molar-refractivity contribution >= 4 is 28.9 Å². The normalized spacial score (nSPS) is 9.93. The fourth-order valence-corrected chi connectivity index (χ4v) is 1.54. The van der Waals surface area contributed by atoms with Crippen LogP contribution in [0.1, 0.15) is 12.0 Å². The molecule has 1 rings (SSSR count). The predicted octanol–water partition coefficient (Wildman–Crippen LogP) is 4.29. The highest BCUT2D eigenvalue weighted by molar-refractivity contribution is 6.35. The van der Waals surface area contributed by atoms with E-state index in [2.05, 4.69) is 11.9 Å². The van der Waals surface area contributed by atoms with Crippen LogP contribution in [-0.4, -0.2) is 6.54 Å². The molecule has 0 atom stereocenters. The van der Waals surface area contributed by atoms with Crippen molar-refractivity contribution in [3.63, 3.8) is 0 Å². The molecule has 0 aliphatic carbocycles. The van der Waals surface area contributed by atoms with E-state index in [1.807, 2.05) is 25.1 Å². The molecular formula is C11H13Cl2N. The van der Waals surface area contributed by atoms with Gasteiger partial charge in [0.05, 0.1) is 10.7 Å². The summed E-state index contributed by atoms with van der Waals surface area (Å²) in [4.78, 5) is 0. The molecule has 1 N–H and O–H groups in total. The lowest BCUT2D eigenvalue weighted by Crippen LogP contribution is -2.00. The van der Waals surface area contributed by atoms with Gasteiger partial charge in [-0.05, 0) is 31.0 Å².